The Hall–Kier alpha value is -0.900. The van der Waals surface area contributed by atoms with Crippen molar-refractivity contribution in [3.8, 4) is 0 Å². The molecule has 0 unspecified atom stereocenters. The SMILES string of the molecule is CC(C)NC(C)(C)C(C)(C)NNCc1ccccc1. The summed E-state index contributed by atoms with van der Waals surface area (Å²) >= 11 is 0. The summed E-state index contributed by atoms with van der Waals surface area (Å²) < 4.78 is 0. The zero-order valence-corrected chi connectivity index (χ0v) is 13.2. The molecule has 0 bridgehead atoms. The summed E-state index contributed by atoms with van der Waals surface area (Å²) in [7, 11) is 0. The van der Waals surface area contributed by atoms with E-state index in [1.165, 1.54) is 5.56 Å². The van der Waals surface area contributed by atoms with Crippen LogP contribution in [0.5, 0.6) is 0 Å². The summed E-state index contributed by atoms with van der Waals surface area (Å²) in [6.07, 6.45) is 0. The lowest BCUT2D eigenvalue weighted by molar-refractivity contribution is 0.160. The number of hydrogen-bond donors (Lipinski definition) is 3. The number of benzene rings is 1. The Morgan fingerprint density at radius 1 is 0.947 bits per heavy atom. The summed E-state index contributed by atoms with van der Waals surface area (Å²) in [6.45, 7) is 14.0. The Morgan fingerprint density at radius 2 is 1.53 bits per heavy atom. The number of rotatable bonds is 7. The number of hydrogen-bond acceptors (Lipinski definition) is 3. The third-order valence-electron chi connectivity index (χ3n) is 3.75. The molecule has 3 N–H and O–H groups in total. The Labute approximate surface area is 118 Å². The van der Waals surface area contributed by atoms with Gasteiger partial charge in [0.25, 0.3) is 0 Å². The van der Waals surface area contributed by atoms with Crippen LogP contribution in [0, 0.1) is 0 Å². The van der Waals surface area contributed by atoms with Crippen molar-refractivity contribution >= 4 is 0 Å². The van der Waals surface area contributed by atoms with Crippen LogP contribution in [0.2, 0.25) is 0 Å². The third-order valence-corrected chi connectivity index (χ3v) is 3.75. The van der Waals surface area contributed by atoms with E-state index in [-0.39, 0.29) is 11.1 Å². The van der Waals surface area contributed by atoms with E-state index in [9.17, 15) is 0 Å². The van der Waals surface area contributed by atoms with E-state index in [1.54, 1.807) is 0 Å². The molecule has 1 aromatic carbocycles. The molecule has 108 valence electrons. The topological polar surface area (TPSA) is 36.1 Å². The van der Waals surface area contributed by atoms with Crippen LogP contribution in [0.3, 0.4) is 0 Å². The molecule has 19 heavy (non-hydrogen) atoms. The Morgan fingerprint density at radius 3 is 2.05 bits per heavy atom. The van der Waals surface area contributed by atoms with E-state index < -0.39 is 0 Å². The molecule has 3 heteroatoms. The van der Waals surface area contributed by atoms with Gasteiger partial charge in [-0.2, -0.15) is 0 Å². The molecule has 0 atom stereocenters. The Balaban J connectivity index is 2.50. The maximum Gasteiger partial charge on any atom is 0.0443 e. The Kier molecular flexibility index (Phi) is 5.53. The quantitative estimate of drug-likeness (QED) is 0.662. The minimum atomic E-state index is -0.0634. The van der Waals surface area contributed by atoms with Gasteiger partial charge >= 0.3 is 0 Å². The minimum Gasteiger partial charge on any atom is -0.308 e. The molecule has 0 radical (unpaired) electrons. The second-order valence-corrected chi connectivity index (χ2v) is 6.51. The van der Waals surface area contributed by atoms with Crippen LogP contribution >= 0.6 is 0 Å². The summed E-state index contributed by atoms with van der Waals surface area (Å²) in [5.74, 6) is 0. The molecule has 3 nitrogen and oxygen atoms in total. The molecule has 0 fully saturated rings. The van der Waals surface area contributed by atoms with E-state index in [1.807, 2.05) is 6.07 Å². The highest BCUT2D eigenvalue weighted by atomic mass is 15.4. The zero-order chi connectivity index (χ0) is 14.5. The molecule has 0 aliphatic heterocycles. The lowest BCUT2D eigenvalue weighted by Crippen LogP contribution is -2.66. The molecule has 0 saturated heterocycles. The summed E-state index contributed by atoms with van der Waals surface area (Å²) in [5.41, 5.74) is 7.98. The standard InChI is InChI=1S/C16H29N3/c1-13(2)18-15(3,4)16(5,6)19-17-12-14-10-8-7-9-11-14/h7-11,13,17-19H,12H2,1-6H3. The van der Waals surface area contributed by atoms with Crippen LogP contribution in [0.25, 0.3) is 0 Å². The monoisotopic (exact) mass is 263 g/mol. The molecular formula is C16H29N3. The van der Waals surface area contributed by atoms with Gasteiger partial charge in [0, 0.05) is 23.7 Å². The fourth-order valence-electron chi connectivity index (χ4n) is 2.02. The van der Waals surface area contributed by atoms with Gasteiger partial charge in [-0.1, -0.05) is 44.2 Å². The van der Waals surface area contributed by atoms with Crippen LogP contribution in [0.1, 0.15) is 47.1 Å². The zero-order valence-electron chi connectivity index (χ0n) is 13.2. The molecule has 0 heterocycles. The first-order valence-corrected chi connectivity index (χ1v) is 7.06. The van der Waals surface area contributed by atoms with E-state index in [0.717, 1.165) is 6.54 Å². The Bertz CT molecular complexity index is 369. The molecule has 0 saturated carbocycles. The normalized spacial score (nSPS) is 13.0. The van der Waals surface area contributed by atoms with Crippen molar-refractivity contribution in [2.75, 3.05) is 0 Å². The second kappa shape index (κ2) is 6.51. The van der Waals surface area contributed by atoms with Gasteiger partial charge in [-0.05, 0) is 33.3 Å². The van der Waals surface area contributed by atoms with Crippen molar-refractivity contribution in [2.24, 2.45) is 0 Å². The summed E-state index contributed by atoms with van der Waals surface area (Å²) in [5, 5.41) is 3.61. The summed E-state index contributed by atoms with van der Waals surface area (Å²) in [4.78, 5) is 0. The van der Waals surface area contributed by atoms with E-state index in [0.29, 0.717) is 6.04 Å². The van der Waals surface area contributed by atoms with E-state index in [4.69, 9.17) is 0 Å². The first-order valence-electron chi connectivity index (χ1n) is 7.06. The molecule has 1 rings (SSSR count). The number of hydrazine groups is 1. The predicted molar refractivity (Wildman–Crippen MR) is 82.8 cm³/mol. The lowest BCUT2D eigenvalue weighted by atomic mass is 9.82. The fraction of sp³-hybridized carbons (Fsp3) is 0.625. The molecular weight excluding hydrogens is 234 g/mol. The van der Waals surface area contributed by atoms with Crippen LogP contribution < -0.4 is 16.2 Å². The molecule has 0 aliphatic rings. The van der Waals surface area contributed by atoms with Crippen molar-refractivity contribution in [2.45, 2.75) is 65.2 Å². The van der Waals surface area contributed by atoms with Crippen LogP contribution in [-0.2, 0) is 6.54 Å². The van der Waals surface area contributed by atoms with Crippen molar-refractivity contribution in [3.63, 3.8) is 0 Å². The number of nitrogens with one attached hydrogen (secondary N) is 3. The average molecular weight is 263 g/mol. The lowest BCUT2D eigenvalue weighted by Gasteiger charge is -2.44. The predicted octanol–water partition coefficient (Wildman–Crippen LogP) is 2.84. The molecule has 1 aromatic rings. The largest absolute Gasteiger partial charge is 0.308 e. The van der Waals surface area contributed by atoms with E-state index in [2.05, 4.69) is 82.0 Å². The highest BCUT2D eigenvalue weighted by molar-refractivity contribution is 5.14. The molecule has 0 aliphatic carbocycles. The van der Waals surface area contributed by atoms with Crippen LogP contribution in [0.15, 0.2) is 30.3 Å². The van der Waals surface area contributed by atoms with Crippen molar-refractivity contribution in [1.82, 2.24) is 16.2 Å². The first-order chi connectivity index (χ1) is 8.74. The van der Waals surface area contributed by atoms with Gasteiger partial charge < -0.3 is 5.32 Å². The fourth-order valence-corrected chi connectivity index (χ4v) is 2.02. The summed E-state index contributed by atoms with van der Waals surface area (Å²) in [6, 6.07) is 10.9. The second-order valence-electron chi connectivity index (χ2n) is 6.51. The van der Waals surface area contributed by atoms with Gasteiger partial charge in [0.1, 0.15) is 0 Å². The van der Waals surface area contributed by atoms with Gasteiger partial charge in [0.2, 0.25) is 0 Å². The third kappa shape index (κ3) is 4.94. The van der Waals surface area contributed by atoms with Gasteiger partial charge in [0.15, 0.2) is 0 Å². The van der Waals surface area contributed by atoms with Crippen molar-refractivity contribution in [3.05, 3.63) is 35.9 Å². The van der Waals surface area contributed by atoms with Crippen molar-refractivity contribution in [1.29, 1.82) is 0 Å². The van der Waals surface area contributed by atoms with Gasteiger partial charge in [-0.15, -0.1) is 0 Å². The highest BCUT2D eigenvalue weighted by Crippen LogP contribution is 2.21. The average Bonchev–Trinajstić information content (AvgIpc) is 2.28. The minimum absolute atomic E-state index is 0.00907. The van der Waals surface area contributed by atoms with Crippen LogP contribution in [-0.4, -0.2) is 17.1 Å². The van der Waals surface area contributed by atoms with Crippen LogP contribution in [0.4, 0.5) is 0 Å². The molecule has 0 spiro atoms. The first kappa shape index (κ1) is 16.2. The maximum absolute atomic E-state index is 3.61. The van der Waals surface area contributed by atoms with Gasteiger partial charge in [0.05, 0.1) is 0 Å². The maximum atomic E-state index is 3.61. The molecule has 0 amide bonds. The van der Waals surface area contributed by atoms with Crippen molar-refractivity contribution < 1.29 is 0 Å². The molecule has 0 aromatic heterocycles. The smallest absolute Gasteiger partial charge is 0.0443 e. The van der Waals surface area contributed by atoms with Gasteiger partial charge in [-0.3, -0.25) is 10.9 Å². The highest BCUT2D eigenvalue weighted by Gasteiger charge is 2.36. The van der Waals surface area contributed by atoms with Gasteiger partial charge in [-0.25, -0.2) is 0 Å². The van der Waals surface area contributed by atoms with E-state index >= 15 is 0 Å².